The maximum absolute atomic E-state index is 5.98. The molecule has 0 N–H and O–H groups in total. The van der Waals surface area contributed by atoms with E-state index in [0.29, 0.717) is 0 Å². The Bertz CT molecular complexity index is 1940. The number of nitrogens with zero attached hydrogens (tertiary/aromatic N) is 1. The van der Waals surface area contributed by atoms with Crippen molar-refractivity contribution in [1.29, 1.82) is 0 Å². The van der Waals surface area contributed by atoms with Gasteiger partial charge in [0.05, 0.1) is 0 Å². The van der Waals surface area contributed by atoms with E-state index in [1.165, 1.54) is 143 Å². The Morgan fingerprint density at radius 2 is 0.814 bits per heavy atom. The van der Waals surface area contributed by atoms with Gasteiger partial charge in [0.1, 0.15) is 16.5 Å². The van der Waals surface area contributed by atoms with Crippen LogP contribution in [0.1, 0.15) is 101 Å². The number of fused-ring (bicyclic) bond motifs is 2. The van der Waals surface area contributed by atoms with Crippen molar-refractivity contribution in [1.82, 2.24) is 4.14 Å². The molecule has 0 atom stereocenters. The average Bonchev–Trinajstić information content (AvgIpc) is 3.85. The zero-order chi connectivity index (χ0) is 43.4. The predicted octanol–water partition coefficient (Wildman–Crippen LogP) is 17.2. The van der Waals surface area contributed by atoms with Crippen molar-refractivity contribution in [2.75, 3.05) is 0 Å². The van der Waals surface area contributed by atoms with E-state index in [9.17, 15) is 0 Å². The first-order chi connectivity index (χ1) is 28.2. The van der Waals surface area contributed by atoms with Crippen molar-refractivity contribution in [3.05, 3.63) is 131 Å². The first-order valence-electron chi connectivity index (χ1n) is 22.3. The van der Waals surface area contributed by atoms with Gasteiger partial charge in [-0.25, -0.2) is 0 Å². The molecule has 0 heterocycles. The normalized spacial score (nSPS) is 11.3. The van der Waals surface area contributed by atoms with Gasteiger partial charge >= 0.3 is 37.9 Å². The van der Waals surface area contributed by atoms with Gasteiger partial charge in [-0.2, -0.15) is 12.1 Å². The van der Waals surface area contributed by atoms with Crippen LogP contribution in [-0.4, -0.2) is 28.6 Å². The first-order valence-corrected chi connectivity index (χ1v) is 35.5. The molecule has 0 fully saturated rings. The van der Waals surface area contributed by atoms with Crippen LogP contribution in [0.15, 0.2) is 109 Å². The van der Waals surface area contributed by atoms with Gasteiger partial charge in [0.2, 0.25) is 0 Å². The Hall–Kier alpha value is -1.98. The van der Waals surface area contributed by atoms with E-state index >= 15 is 0 Å². The third-order valence-corrected chi connectivity index (χ3v) is 17.8. The van der Waals surface area contributed by atoms with Crippen molar-refractivity contribution in [2.45, 2.75) is 144 Å². The Kier molecular flexibility index (Phi) is 23.1. The number of benzene rings is 4. The van der Waals surface area contributed by atoms with E-state index < -0.39 is 37.3 Å². The molecule has 0 unspecified atom stereocenters. The van der Waals surface area contributed by atoms with Gasteiger partial charge in [0.25, 0.3) is 0 Å². The molecule has 0 saturated heterocycles. The second-order valence-corrected chi connectivity index (χ2v) is 31.7. The molecule has 2 radical (unpaired) electrons. The zero-order valence-electron chi connectivity index (χ0n) is 38.2. The van der Waals surface area contributed by atoms with Gasteiger partial charge < -0.3 is 4.14 Å². The minimum atomic E-state index is -1.22. The van der Waals surface area contributed by atoms with Gasteiger partial charge in [-0.05, 0) is 60.8 Å². The van der Waals surface area contributed by atoms with Crippen LogP contribution in [0.25, 0.3) is 43.8 Å². The molecule has 0 aliphatic rings. The molecule has 7 heteroatoms. The molecule has 59 heavy (non-hydrogen) atoms. The van der Waals surface area contributed by atoms with Crippen molar-refractivity contribution in [3.63, 3.8) is 0 Å². The first kappa shape index (κ1) is 51.4. The molecule has 0 aromatic heterocycles. The fraction of sp³-hybridized carbons (Fsp3) is 0.423. The second kappa shape index (κ2) is 26.5. The van der Waals surface area contributed by atoms with Crippen molar-refractivity contribution in [3.8, 4) is 22.3 Å². The minimum absolute atomic E-state index is 0.826. The second-order valence-electron chi connectivity index (χ2n) is 17.9. The van der Waals surface area contributed by atoms with Crippen LogP contribution in [0.3, 0.4) is 0 Å². The topological polar surface area (TPSA) is 3.24 Å². The average molecular weight is 940 g/mol. The maximum atomic E-state index is 5.98. The van der Waals surface area contributed by atoms with Gasteiger partial charge in [0.15, 0.2) is 7.98 Å². The molecule has 6 aromatic carbocycles. The van der Waals surface area contributed by atoms with E-state index in [1.54, 1.807) is 0 Å². The molecule has 0 aliphatic carbocycles. The quantitative estimate of drug-likeness (QED) is 0.0690. The van der Waals surface area contributed by atoms with Crippen LogP contribution in [0, 0.1) is 0 Å². The summed E-state index contributed by atoms with van der Waals surface area (Å²) in [6.07, 6.45) is 14.8. The summed E-state index contributed by atoms with van der Waals surface area (Å²) in [6, 6.07) is 40.9. The summed E-state index contributed by atoms with van der Waals surface area (Å²) < 4.78 is 2.15. The molecule has 0 bridgehead atoms. The van der Waals surface area contributed by atoms with E-state index in [4.69, 9.17) is 25.0 Å². The van der Waals surface area contributed by atoms with Gasteiger partial charge in [0, 0.05) is 0 Å². The van der Waals surface area contributed by atoms with Crippen molar-refractivity contribution < 1.29 is 20.8 Å². The third kappa shape index (κ3) is 16.3. The molecule has 0 saturated carbocycles. The fourth-order valence-electron chi connectivity index (χ4n) is 7.86. The third-order valence-electron chi connectivity index (χ3n) is 10.9. The number of hydrogen-bond donors (Lipinski definition) is 0. The van der Waals surface area contributed by atoms with Crippen molar-refractivity contribution in [2.24, 2.45) is 0 Å². The van der Waals surface area contributed by atoms with E-state index in [0.717, 1.165) is 0 Å². The summed E-state index contributed by atoms with van der Waals surface area (Å²) in [4.78, 5) is 0. The zero-order valence-corrected chi connectivity index (χ0v) is 44.1. The Morgan fingerprint density at radius 3 is 1.14 bits per heavy atom. The summed E-state index contributed by atoms with van der Waals surface area (Å²) in [7, 11) is 13.4. The van der Waals surface area contributed by atoms with Crippen LogP contribution in [0.2, 0.25) is 39.3 Å². The molecule has 0 aliphatic heterocycles. The monoisotopic (exact) mass is 937 g/mol. The molecule has 6 rings (SSSR count). The molecule has 0 amide bonds. The van der Waals surface area contributed by atoms with E-state index in [2.05, 4.69) is 180 Å². The molecule has 6 aromatic rings. The van der Waals surface area contributed by atoms with Crippen LogP contribution < -0.4 is 0 Å². The number of halogens is 2. The van der Waals surface area contributed by atoms with E-state index in [1.807, 2.05) is 0 Å². The number of aryl methyl sites for hydroxylation is 4. The van der Waals surface area contributed by atoms with Gasteiger partial charge in [-0.15, -0.1) is 69.1 Å². The van der Waals surface area contributed by atoms with Crippen molar-refractivity contribution >= 4 is 63.0 Å². The number of rotatable bonds is 16. The fourth-order valence-corrected chi connectivity index (χ4v) is 15.9. The molecular weight excluding hydrogens is 868 g/mol. The van der Waals surface area contributed by atoms with Gasteiger partial charge in [-0.3, -0.25) is 0 Å². The molecule has 0 spiro atoms. The SMILES string of the molecule is CCCCc1cc2c(-c3ccccc3CCCC)cccc2[cH-]1.CCCCc1cc2c(-c3ccccc3CCCC)cccc2[cH-]1.[B]N([Si](C)(C)C)[Si](C)(C)C.[Cl][Zr+2][Cl]. The Morgan fingerprint density at radius 1 is 0.492 bits per heavy atom. The van der Waals surface area contributed by atoms with Crippen LogP contribution >= 0.6 is 17.0 Å². The molecule has 1 nitrogen and oxygen atoms in total. The molecule has 314 valence electrons. The summed E-state index contributed by atoms with van der Waals surface area (Å²) in [5, 5.41) is 5.61. The molecular formula is C52H72BCl2NSi2Zr. The van der Waals surface area contributed by atoms with E-state index in [-0.39, 0.29) is 0 Å². The van der Waals surface area contributed by atoms with Crippen LogP contribution in [-0.2, 0) is 46.5 Å². The van der Waals surface area contributed by atoms with Crippen LogP contribution in [0.4, 0.5) is 0 Å². The standard InChI is InChI=1S/2C23H27.C6H18BNSi2.2ClH.Zr/c2*1-3-5-10-18-16-20-13-9-15-22(23(20)17-18)21-14-8-7-12-19(21)11-6-4-2;1-9(2,3)8(7)10(4,5)6;;;/h2*7-9,12-17H,3-6,10-11H2,1-2H3;1-6H3;2*1H;/q2*-1;;;;+4/p-2. The van der Waals surface area contributed by atoms with Gasteiger partial charge in [-0.1, -0.05) is 177 Å². The van der Waals surface area contributed by atoms with Crippen LogP contribution in [0.5, 0.6) is 0 Å². The summed E-state index contributed by atoms with van der Waals surface area (Å²) in [5.41, 5.74) is 11.6. The Labute approximate surface area is 382 Å². The summed E-state index contributed by atoms with van der Waals surface area (Å²) in [6.45, 7) is 22.8. The summed E-state index contributed by atoms with van der Waals surface area (Å²) in [5.74, 6) is 0. The predicted molar refractivity (Wildman–Crippen MR) is 270 cm³/mol. The number of unbranched alkanes of at least 4 members (excludes halogenated alkanes) is 4. The Balaban J connectivity index is 0.000000245. The summed E-state index contributed by atoms with van der Waals surface area (Å²) >= 11 is -0.826. The number of hydrogen-bond acceptors (Lipinski definition) is 1.